The van der Waals surface area contributed by atoms with E-state index in [2.05, 4.69) is 9.47 Å². The van der Waals surface area contributed by atoms with Crippen molar-refractivity contribution in [3.63, 3.8) is 0 Å². The van der Waals surface area contributed by atoms with Crippen molar-refractivity contribution in [3.05, 3.63) is 11.5 Å². The predicted molar refractivity (Wildman–Crippen MR) is 64.2 cm³/mol. The average Bonchev–Trinajstić information content (AvgIpc) is 2.77. The maximum atomic E-state index is 11.4. The predicted octanol–water partition coefficient (Wildman–Crippen LogP) is -3.78. The highest BCUT2D eigenvalue weighted by molar-refractivity contribution is 5.89. The Balaban J connectivity index is 2.52. The Bertz CT molecular complexity index is 459. The second-order valence-electron chi connectivity index (χ2n) is 4.44. The number of rotatable bonds is 7. The monoisotopic (exact) mass is 324 g/mol. The number of ether oxygens (including phenoxy) is 2. The maximum Gasteiger partial charge on any atom is 0.377 e. The van der Waals surface area contributed by atoms with Crippen LogP contribution in [0.5, 0.6) is 0 Å². The summed E-state index contributed by atoms with van der Waals surface area (Å²) in [5.74, 6) is -4.73. The van der Waals surface area contributed by atoms with Crippen LogP contribution in [0.3, 0.4) is 0 Å². The molecule has 22 heavy (non-hydrogen) atoms. The van der Waals surface area contributed by atoms with E-state index >= 15 is 0 Å². The van der Waals surface area contributed by atoms with E-state index in [1.807, 2.05) is 0 Å². The molecule has 126 valence electrons. The Hall–Kier alpha value is -1.92. The van der Waals surface area contributed by atoms with Crippen molar-refractivity contribution >= 4 is 11.9 Å². The van der Waals surface area contributed by atoms with Gasteiger partial charge in [0.2, 0.25) is 5.76 Å². The molecule has 11 nitrogen and oxygen atoms in total. The number of aliphatic hydroxyl groups excluding tert-OH is 7. The molecule has 5 atom stereocenters. The number of aliphatic hydroxyl groups is 7. The topological polar surface area (TPSA) is 194 Å². The van der Waals surface area contributed by atoms with Gasteiger partial charge in [-0.05, 0) is 0 Å². The summed E-state index contributed by atoms with van der Waals surface area (Å²) in [5, 5.41) is 64.1. The van der Waals surface area contributed by atoms with Crippen molar-refractivity contribution in [2.75, 3.05) is 13.2 Å². The fraction of sp³-hybridized carbons (Fsp3) is 0.636. The number of hydrogen-bond donors (Lipinski definition) is 7. The molecule has 11 heteroatoms. The molecule has 0 aromatic carbocycles. The zero-order valence-electron chi connectivity index (χ0n) is 11.1. The van der Waals surface area contributed by atoms with Crippen molar-refractivity contribution in [1.29, 1.82) is 0 Å². The minimum absolute atomic E-state index is 0.854. The van der Waals surface area contributed by atoms with Crippen LogP contribution < -0.4 is 0 Å². The van der Waals surface area contributed by atoms with Gasteiger partial charge in [-0.3, -0.25) is 0 Å². The van der Waals surface area contributed by atoms with E-state index in [9.17, 15) is 30.0 Å². The summed E-state index contributed by atoms with van der Waals surface area (Å²) in [6.45, 7) is -1.77. The zero-order valence-corrected chi connectivity index (χ0v) is 11.1. The zero-order chi connectivity index (χ0) is 17.0. The first-order valence-corrected chi connectivity index (χ1v) is 6.03. The fourth-order valence-corrected chi connectivity index (χ4v) is 1.53. The molecule has 0 saturated heterocycles. The van der Waals surface area contributed by atoms with Crippen molar-refractivity contribution in [3.8, 4) is 0 Å². The van der Waals surface area contributed by atoms with Crippen LogP contribution in [0.4, 0.5) is 0 Å². The molecule has 0 amide bonds. The Kier molecular flexibility index (Phi) is 6.08. The standard InChI is InChI=1S/C11H16O11/c12-1-3(13)5(15)7(17)10(19)21-2-4(14)9-6(16)8(18)11(20)22-9/h3-5,7,9,12-18H,1-2H2/t3-,4+,5-,7+,9+/m0/s1. The Labute approximate surface area is 123 Å². The van der Waals surface area contributed by atoms with Gasteiger partial charge in [0.15, 0.2) is 18.0 Å². The normalized spacial score (nSPS) is 23.7. The third-order valence-corrected chi connectivity index (χ3v) is 2.83. The van der Waals surface area contributed by atoms with Gasteiger partial charge in [0, 0.05) is 0 Å². The molecular weight excluding hydrogens is 308 g/mol. The highest BCUT2D eigenvalue weighted by Gasteiger charge is 2.40. The summed E-state index contributed by atoms with van der Waals surface area (Å²) in [6.07, 6.45) is -9.39. The van der Waals surface area contributed by atoms with Gasteiger partial charge >= 0.3 is 11.9 Å². The van der Waals surface area contributed by atoms with E-state index in [0.29, 0.717) is 0 Å². The molecule has 0 saturated carbocycles. The third kappa shape index (κ3) is 3.84. The van der Waals surface area contributed by atoms with Crippen LogP contribution in [0, 0.1) is 0 Å². The molecule has 0 aliphatic carbocycles. The molecule has 1 heterocycles. The van der Waals surface area contributed by atoms with Crippen molar-refractivity contribution < 1.29 is 54.8 Å². The summed E-state index contributed by atoms with van der Waals surface area (Å²) in [6, 6.07) is 0. The molecule has 0 spiro atoms. The molecule has 0 radical (unpaired) electrons. The molecular formula is C11H16O11. The van der Waals surface area contributed by atoms with Gasteiger partial charge < -0.3 is 45.2 Å². The molecule has 0 bridgehead atoms. The van der Waals surface area contributed by atoms with Crippen LogP contribution in [-0.4, -0.2) is 91.4 Å². The van der Waals surface area contributed by atoms with Crippen molar-refractivity contribution in [2.24, 2.45) is 0 Å². The molecule has 0 fully saturated rings. The van der Waals surface area contributed by atoms with Gasteiger partial charge in [-0.2, -0.15) is 0 Å². The van der Waals surface area contributed by atoms with Gasteiger partial charge in [-0.15, -0.1) is 0 Å². The van der Waals surface area contributed by atoms with Crippen LogP contribution in [0.25, 0.3) is 0 Å². The van der Waals surface area contributed by atoms with E-state index in [1.165, 1.54) is 0 Å². The van der Waals surface area contributed by atoms with E-state index in [4.69, 9.17) is 15.3 Å². The van der Waals surface area contributed by atoms with Crippen LogP contribution in [-0.2, 0) is 19.1 Å². The van der Waals surface area contributed by atoms with E-state index in [0.717, 1.165) is 0 Å². The van der Waals surface area contributed by atoms with Crippen LogP contribution >= 0.6 is 0 Å². The highest BCUT2D eigenvalue weighted by Crippen LogP contribution is 2.21. The van der Waals surface area contributed by atoms with Crippen molar-refractivity contribution in [1.82, 2.24) is 0 Å². The first kappa shape index (κ1) is 18.1. The van der Waals surface area contributed by atoms with E-state index < -0.39 is 67.2 Å². The van der Waals surface area contributed by atoms with E-state index in [1.54, 1.807) is 0 Å². The van der Waals surface area contributed by atoms with Crippen LogP contribution in [0.2, 0.25) is 0 Å². The maximum absolute atomic E-state index is 11.4. The smallest absolute Gasteiger partial charge is 0.377 e. The Morgan fingerprint density at radius 2 is 1.82 bits per heavy atom. The minimum atomic E-state index is -2.20. The SMILES string of the molecule is O=C1O[C@H]([C@H](O)COC(=O)[C@H](O)[C@@H](O)[C@@H](O)CO)C(O)=C1O. The average molecular weight is 324 g/mol. The summed E-state index contributed by atoms with van der Waals surface area (Å²) < 4.78 is 8.82. The lowest BCUT2D eigenvalue weighted by atomic mass is 10.1. The lowest BCUT2D eigenvalue weighted by Crippen LogP contribution is -2.45. The third-order valence-electron chi connectivity index (χ3n) is 2.83. The second-order valence-corrected chi connectivity index (χ2v) is 4.44. The summed E-state index contributed by atoms with van der Waals surface area (Å²) in [5.41, 5.74) is 0. The lowest BCUT2D eigenvalue weighted by molar-refractivity contribution is -0.171. The number of carbonyl (C=O) groups excluding carboxylic acids is 2. The summed E-state index contributed by atoms with van der Waals surface area (Å²) in [7, 11) is 0. The van der Waals surface area contributed by atoms with Crippen molar-refractivity contribution in [2.45, 2.75) is 30.5 Å². The highest BCUT2D eigenvalue weighted by atomic mass is 16.6. The molecule has 1 aliphatic rings. The number of cyclic esters (lactones) is 1. The molecule has 0 unspecified atom stereocenters. The van der Waals surface area contributed by atoms with Gasteiger partial charge in [0.1, 0.15) is 24.9 Å². The lowest BCUT2D eigenvalue weighted by Gasteiger charge is -2.22. The first-order chi connectivity index (χ1) is 10.2. The van der Waals surface area contributed by atoms with Gasteiger partial charge in [0.25, 0.3) is 0 Å². The number of carbonyl (C=O) groups is 2. The summed E-state index contributed by atoms with van der Waals surface area (Å²) in [4.78, 5) is 22.3. The van der Waals surface area contributed by atoms with Crippen LogP contribution in [0.1, 0.15) is 0 Å². The van der Waals surface area contributed by atoms with Crippen LogP contribution in [0.15, 0.2) is 11.5 Å². The molecule has 0 aromatic rings. The largest absolute Gasteiger partial charge is 0.505 e. The minimum Gasteiger partial charge on any atom is -0.505 e. The quantitative estimate of drug-likeness (QED) is 0.227. The molecule has 0 aromatic heterocycles. The van der Waals surface area contributed by atoms with Gasteiger partial charge in [-0.1, -0.05) is 0 Å². The first-order valence-electron chi connectivity index (χ1n) is 6.03. The molecule has 1 aliphatic heterocycles. The number of hydrogen-bond acceptors (Lipinski definition) is 11. The number of esters is 2. The second kappa shape index (κ2) is 7.38. The summed E-state index contributed by atoms with van der Waals surface area (Å²) >= 11 is 0. The Morgan fingerprint density at radius 1 is 1.23 bits per heavy atom. The van der Waals surface area contributed by atoms with Gasteiger partial charge in [-0.25, -0.2) is 9.59 Å². The Morgan fingerprint density at radius 3 is 2.27 bits per heavy atom. The van der Waals surface area contributed by atoms with Gasteiger partial charge in [0.05, 0.1) is 6.61 Å². The fourth-order valence-electron chi connectivity index (χ4n) is 1.53. The van der Waals surface area contributed by atoms with E-state index in [-0.39, 0.29) is 0 Å². The molecule has 7 N–H and O–H groups in total. The molecule has 1 rings (SSSR count).